The van der Waals surface area contributed by atoms with E-state index in [9.17, 15) is 19.0 Å². The van der Waals surface area contributed by atoms with E-state index in [2.05, 4.69) is 15.8 Å². The number of carbonyl (C=O) groups is 2. The fourth-order valence-corrected chi connectivity index (χ4v) is 1.86. The number of carboxylic acid groups (broad SMARTS) is 1. The first-order valence-electron chi connectivity index (χ1n) is 4.88. The third-order valence-corrected chi connectivity index (χ3v) is 3.15. The zero-order valence-electron chi connectivity index (χ0n) is 9.37. The van der Waals surface area contributed by atoms with Crippen molar-refractivity contribution in [2.45, 2.75) is 25.6 Å². The molecule has 0 heterocycles. The van der Waals surface area contributed by atoms with Crippen LogP contribution in [0.2, 0.25) is 0 Å². The molecule has 0 saturated heterocycles. The second-order valence-corrected chi connectivity index (χ2v) is 4.94. The van der Waals surface area contributed by atoms with Gasteiger partial charge in [-0.1, -0.05) is 19.9 Å². The number of carboxylic acids is 1. The standard InChI is InChI=1S/C9H15O7P/c1-3-5-6-15-17(13,14)9(8(11)12)16-7(10)4-2/h4,9H,2-3,5-6H2,1H3,(H,11,12)(H,13,14). The predicted octanol–water partition coefficient (Wildman–Crippen LogP) is 1.13. The van der Waals surface area contributed by atoms with Crippen LogP contribution in [0.15, 0.2) is 12.7 Å². The highest BCUT2D eigenvalue weighted by atomic mass is 31.2. The highest BCUT2D eigenvalue weighted by Crippen LogP contribution is 2.48. The Morgan fingerprint density at radius 2 is 2.12 bits per heavy atom. The van der Waals surface area contributed by atoms with Crippen molar-refractivity contribution in [2.75, 3.05) is 6.61 Å². The average molecular weight is 266 g/mol. The third kappa shape index (κ3) is 5.63. The number of esters is 1. The second-order valence-electron chi connectivity index (χ2n) is 3.08. The van der Waals surface area contributed by atoms with E-state index in [0.29, 0.717) is 18.9 Å². The molecule has 0 spiro atoms. The SMILES string of the molecule is C=CC(=O)OC(C(=O)O)P(=O)(O)OCCCC. The van der Waals surface area contributed by atoms with Gasteiger partial charge in [-0.3, -0.25) is 4.57 Å². The van der Waals surface area contributed by atoms with Gasteiger partial charge in [0.05, 0.1) is 6.61 Å². The Morgan fingerprint density at radius 3 is 2.53 bits per heavy atom. The average Bonchev–Trinajstić information content (AvgIpc) is 2.24. The van der Waals surface area contributed by atoms with E-state index in [0.717, 1.165) is 0 Å². The minimum atomic E-state index is -4.55. The Labute approximate surface area is 98.6 Å². The van der Waals surface area contributed by atoms with Gasteiger partial charge in [0.2, 0.25) is 0 Å². The summed E-state index contributed by atoms with van der Waals surface area (Å²) in [5, 5.41) is 8.69. The molecule has 7 nitrogen and oxygen atoms in total. The Kier molecular flexibility index (Phi) is 6.72. The molecule has 0 fully saturated rings. The van der Waals surface area contributed by atoms with E-state index in [-0.39, 0.29) is 6.61 Å². The molecular weight excluding hydrogens is 251 g/mol. The van der Waals surface area contributed by atoms with Crippen molar-refractivity contribution in [3.8, 4) is 0 Å². The summed E-state index contributed by atoms with van der Waals surface area (Å²) in [4.78, 5) is 30.9. The molecule has 0 aromatic heterocycles. The van der Waals surface area contributed by atoms with Crippen LogP contribution in [-0.4, -0.2) is 34.4 Å². The summed E-state index contributed by atoms with van der Waals surface area (Å²) in [6, 6.07) is 0. The van der Waals surface area contributed by atoms with Gasteiger partial charge in [-0.2, -0.15) is 0 Å². The molecule has 98 valence electrons. The Morgan fingerprint density at radius 1 is 1.53 bits per heavy atom. The summed E-state index contributed by atoms with van der Waals surface area (Å²) < 4.78 is 20.3. The topological polar surface area (TPSA) is 110 Å². The molecule has 0 bridgehead atoms. The van der Waals surface area contributed by atoms with E-state index in [1.165, 1.54) is 0 Å². The van der Waals surface area contributed by atoms with Crippen molar-refractivity contribution < 1.29 is 33.4 Å². The summed E-state index contributed by atoms with van der Waals surface area (Å²) in [6.07, 6.45) is 1.90. The molecule has 0 aromatic rings. The van der Waals surface area contributed by atoms with Gasteiger partial charge in [0.25, 0.3) is 5.85 Å². The molecule has 2 atom stereocenters. The predicted molar refractivity (Wildman–Crippen MR) is 58.4 cm³/mol. The van der Waals surface area contributed by atoms with Crippen LogP contribution in [0.25, 0.3) is 0 Å². The second kappa shape index (κ2) is 7.21. The lowest BCUT2D eigenvalue weighted by Crippen LogP contribution is -2.27. The largest absolute Gasteiger partial charge is 0.478 e. The molecule has 8 heteroatoms. The van der Waals surface area contributed by atoms with Crippen LogP contribution in [0.4, 0.5) is 0 Å². The molecule has 17 heavy (non-hydrogen) atoms. The normalized spacial score (nSPS) is 15.6. The minimum Gasteiger partial charge on any atom is -0.478 e. The molecule has 0 rings (SSSR count). The summed E-state index contributed by atoms with van der Waals surface area (Å²) in [7, 11) is -4.55. The Hall–Kier alpha value is -1.17. The molecule has 0 aliphatic heterocycles. The maximum absolute atomic E-state index is 11.5. The van der Waals surface area contributed by atoms with E-state index >= 15 is 0 Å². The van der Waals surface area contributed by atoms with E-state index in [1.807, 2.05) is 6.92 Å². The monoisotopic (exact) mass is 266 g/mol. The molecule has 0 amide bonds. The molecule has 0 radical (unpaired) electrons. The van der Waals surface area contributed by atoms with Gasteiger partial charge in [-0.25, -0.2) is 9.59 Å². The van der Waals surface area contributed by atoms with Crippen LogP contribution in [-0.2, 0) is 23.4 Å². The molecule has 0 aliphatic rings. The van der Waals surface area contributed by atoms with Crippen molar-refractivity contribution in [1.29, 1.82) is 0 Å². The summed E-state index contributed by atoms with van der Waals surface area (Å²) in [5.74, 6) is -5.09. The highest BCUT2D eigenvalue weighted by Gasteiger charge is 2.42. The molecule has 0 aliphatic carbocycles. The third-order valence-electron chi connectivity index (χ3n) is 1.68. The van der Waals surface area contributed by atoms with Crippen LogP contribution in [0.1, 0.15) is 19.8 Å². The number of aliphatic carboxylic acids is 1. The number of hydrogen-bond donors (Lipinski definition) is 2. The van der Waals surface area contributed by atoms with E-state index < -0.39 is 25.4 Å². The first-order valence-corrected chi connectivity index (χ1v) is 6.52. The van der Waals surface area contributed by atoms with Gasteiger partial charge in [-0.05, 0) is 6.42 Å². The van der Waals surface area contributed by atoms with Crippen LogP contribution in [0, 0.1) is 0 Å². The number of unbranched alkanes of at least 4 members (excludes halogenated alkanes) is 1. The Bertz CT molecular complexity index is 338. The zero-order valence-corrected chi connectivity index (χ0v) is 10.3. The molecule has 0 aromatic carbocycles. The van der Waals surface area contributed by atoms with Crippen molar-refractivity contribution in [3.05, 3.63) is 12.7 Å². The number of carbonyl (C=O) groups excluding carboxylic acids is 1. The van der Waals surface area contributed by atoms with E-state index in [4.69, 9.17) is 5.11 Å². The number of ether oxygens (including phenoxy) is 1. The lowest BCUT2D eigenvalue weighted by atomic mass is 10.4. The molecule has 0 saturated carbocycles. The lowest BCUT2D eigenvalue weighted by molar-refractivity contribution is -0.156. The van der Waals surface area contributed by atoms with Crippen LogP contribution < -0.4 is 0 Å². The van der Waals surface area contributed by atoms with Gasteiger partial charge >= 0.3 is 19.5 Å². The van der Waals surface area contributed by atoms with Gasteiger partial charge in [0.1, 0.15) is 0 Å². The van der Waals surface area contributed by atoms with Gasteiger partial charge in [0.15, 0.2) is 0 Å². The summed E-state index contributed by atoms with van der Waals surface area (Å²) >= 11 is 0. The summed E-state index contributed by atoms with van der Waals surface area (Å²) in [6.45, 7) is 4.80. The van der Waals surface area contributed by atoms with Crippen molar-refractivity contribution in [2.24, 2.45) is 0 Å². The van der Waals surface area contributed by atoms with Crippen molar-refractivity contribution >= 4 is 19.5 Å². The number of rotatable bonds is 8. The van der Waals surface area contributed by atoms with Crippen LogP contribution in [0.5, 0.6) is 0 Å². The quantitative estimate of drug-likeness (QED) is 0.293. The van der Waals surface area contributed by atoms with Gasteiger partial charge in [0, 0.05) is 6.08 Å². The summed E-state index contributed by atoms with van der Waals surface area (Å²) in [5.41, 5.74) is 0. The first-order chi connectivity index (χ1) is 7.85. The zero-order chi connectivity index (χ0) is 13.5. The van der Waals surface area contributed by atoms with Crippen molar-refractivity contribution in [3.63, 3.8) is 0 Å². The minimum absolute atomic E-state index is 0.0836. The van der Waals surface area contributed by atoms with Crippen LogP contribution >= 0.6 is 7.60 Å². The fraction of sp³-hybridized carbons (Fsp3) is 0.556. The van der Waals surface area contributed by atoms with Crippen LogP contribution in [0.3, 0.4) is 0 Å². The van der Waals surface area contributed by atoms with Gasteiger partial charge < -0.3 is 19.3 Å². The number of hydrogen-bond acceptors (Lipinski definition) is 5. The smallest absolute Gasteiger partial charge is 0.380 e. The maximum Gasteiger partial charge on any atom is 0.380 e. The Balaban J connectivity index is 4.67. The molecule has 2 unspecified atom stereocenters. The lowest BCUT2D eigenvalue weighted by Gasteiger charge is -2.18. The maximum atomic E-state index is 11.5. The highest BCUT2D eigenvalue weighted by molar-refractivity contribution is 7.54. The fourth-order valence-electron chi connectivity index (χ4n) is 0.822. The first kappa shape index (κ1) is 15.8. The van der Waals surface area contributed by atoms with Gasteiger partial charge in [-0.15, -0.1) is 0 Å². The molecular formula is C9H15O7P. The van der Waals surface area contributed by atoms with E-state index in [1.54, 1.807) is 0 Å². The molecule has 2 N–H and O–H groups in total. The van der Waals surface area contributed by atoms with Crippen molar-refractivity contribution in [1.82, 2.24) is 0 Å².